The molecular weight excluding hydrogens is 224 g/mol. The molecule has 0 bridgehead atoms. The van der Waals surface area contributed by atoms with Crippen LogP contribution in [-0.2, 0) is 13.0 Å². The molecule has 0 saturated carbocycles. The summed E-state index contributed by atoms with van der Waals surface area (Å²) in [7, 11) is 1.92. The average Bonchev–Trinajstić information content (AvgIpc) is 2.40. The highest BCUT2D eigenvalue weighted by Gasteiger charge is 2.01. The number of nitrogens with one attached hydrogen (secondary N) is 1. The predicted molar refractivity (Wildman–Crippen MR) is 72.9 cm³/mol. The summed E-state index contributed by atoms with van der Waals surface area (Å²) in [4.78, 5) is 4.22. The molecule has 3 nitrogen and oxygen atoms in total. The van der Waals surface area contributed by atoms with Crippen molar-refractivity contribution in [1.29, 1.82) is 0 Å². The van der Waals surface area contributed by atoms with Gasteiger partial charge in [0.1, 0.15) is 5.75 Å². The van der Waals surface area contributed by atoms with Crippen LogP contribution in [-0.4, -0.2) is 12.0 Å². The first-order valence-electron chi connectivity index (χ1n) is 6.18. The molecule has 0 radical (unpaired) electrons. The average molecular weight is 242 g/mol. The van der Waals surface area contributed by atoms with Gasteiger partial charge in [0, 0.05) is 18.8 Å². The summed E-state index contributed by atoms with van der Waals surface area (Å²) >= 11 is 0. The molecule has 94 valence electrons. The number of nitrogens with zero attached hydrogens (tertiary/aromatic N) is 1. The zero-order valence-corrected chi connectivity index (χ0v) is 10.8. The summed E-state index contributed by atoms with van der Waals surface area (Å²) in [6.07, 6.45) is 2.77. The summed E-state index contributed by atoms with van der Waals surface area (Å²) in [6, 6.07) is 12.0. The highest BCUT2D eigenvalue weighted by atomic mass is 16.5. The largest absolute Gasteiger partial charge is 0.439 e. The minimum atomic E-state index is 0.635. The number of pyridine rings is 1. The Morgan fingerprint density at radius 1 is 1.17 bits per heavy atom. The molecule has 3 heteroatoms. The van der Waals surface area contributed by atoms with Crippen molar-refractivity contribution in [1.82, 2.24) is 10.3 Å². The van der Waals surface area contributed by atoms with Crippen LogP contribution in [0.4, 0.5) is 0 Å². The van der Waals surface area contributed by atoms with E-state index in [2.05, 4.69) is 23.3 Å². The number of hydrogen-bond donors (Lipinski definition) is 1. The van der Waals surface area contributed by atoms with E-state index in [4.69, 9.17) is 4.74 Å². The Bertz CT molecular complexity index is 511. The Kier molecular flexibility index (Phi) is 4.31. The summed E-state index contributed by atoms with van der Waals surface area (Å²) < 4.78 is 5.77. The van der Waals surface area contributed by atoms with Crippen molar-refractivity contribution >= 4 is 0 Å². The molecule has 1 aromatic heterocycles. The standard InChI is InChI=1S/C15H18N2O/c1-3-12-5-4-6-14(9-12)18-15-10-13(11-16-2)7-8-17-15/h4-10,16H,3,11H2,1-2H3. The van der Waals surface area contributed by atoms with E-state index in [-0.39, 0.29) is 0 Å². The monoisotopic (exact) mass is 242 g/mol. The molecule has 1 aromatic carbocycles. The Morgan fingerprint density at radius 2 is 2.06 bits per heavy atom. The second kappa shape index (κ2) is 6.17. The SMILES string of the molecule is CCc1cccc(Oc2cc(CNC)ccn2)c1. The molecule has 0 spiro atoms. The van der Waals surface area contributed by atoms with Gasteiger partial charge in [-0.2, -0.15) is 0 Å². The summed E-state index contributed by atoms with van der Waals surface area (Å²) in [5, 5.41) is 3.11. The Labute approximate surface area is 108 Å². The number of rotatable bonds is 5. The Morgan fingerprint density at radius 3 is 2.83 bits per heavy atom. The molecule has 0 saturated heterocycles. The predicted octanol–water partition coefficient (Wildman–Crippen LogP) is 3.16. The second-order valence-electron chi connectivity index (χ2n) is 4.14. The molecule has 0 unspecified atom stereocenters. The smallest absolute Gasteiger partial charge is 0.219 e. The highest BCUT2D eigenvalue weighted by molar-refractivity contribution is 5.32. The van der Waals surface area contributed by atoms with Gasteiger partial charge in [-0.1, -0.05) is 19.1 Å². The number of ether oxygens (including phenoxy) is 1. The number of hydrogen-bond acceptors (Lipinski definition) is 3. The van der Waals surface area contributed by atoms with Gasteiger partial charge in [-0.15, -0.1) is 0 Å². The number of aromatic nitrogens is 1. The molecule has 0 aliphatic carbocycles. The van der Waals surface area contributed by atoms with E-state index in [0.29, 0.717) is 5.88 Å². The minimum Gasteiger partial charge on any atom is -0.439 e. The maximum atomic E-state index is 5.77. The molecule has 1 N–H and O–H groups in total. The third-order valence-electron chi connectivity index (χ3n) is 2.71. The van der Waals surface area contributed by atoms with E-state index in [0.717, 1.165) is 24.3 Å². The lowest BCUT2D eigenvalue weighted by Gasteiger charge is -2.07. The van der Waals surface area contributed by atoms with Crippen molar-refractivity contribution in [2.75, 3.05) is 7.05 Å². The van der Waals surface area contributed by atoms with Crippen molar-refractivity contribution in [2.45, 2.75) is 19.9 Å². The number of benzene rings is 1. The van der Waals surface area contributed by atoms with Gasteiger partial charge < -0.3 is 10.1 Å². The first kappa shape index (κ1) is 12.6. The zero-order valence-electron chi connectivity index (χ0n) is 10.8. The lowest BCUT2D eigenvalue weighted by Crippen LogP contribution is -2.05. The fourth-order valence-corrected chi connectivity index (χ4v) is 1.77. The van der Waals surface area contributed by atoms with Crippen molar-refractivity contribution in [3.8, 4) is 11.6 Å². The molecule has 0 amide bonds. The van der Waals surface area contributed by atoms with Crippen LogP contribution in [0.2, 0.25) is 0 Å². The molecule has 0 aliphatic rings. The van der Waals surface area contributed by atoms with E-state index in [1.54, 1.807) is 6.20 Å². The normalized spacial score (nSPS) is 10.3. The van der Waals surface area contributed by atoms with Crippen LogP contribution >= 0.6 is 0 Å². The van der Waals surface area contributed by atoms with Gasteiger partial charge in [0.05, 0.1) is 0 Å². The molecule has 0 aliphatic heterocycles. The fourth-order valence-electron chi connectivity index (χ4n) is 1.77. The van der Waals surface area contributed by atoms with Crippen LogP contribution in [0.15, 0.2) is 42.6 Å². The van der Waals surface area contributed by atoms with Gasteiger partial charge in [0.25, 0.3) is 0 Å². The van der Waals surface area contributed by atoms with Crippen LogP contribution in [0.25, 0.3) is 0 Å². The summed E-state index contributed by atoms with van der Waals surface area (Å²) in [5.41, 5.74) is 2.42. The van der Waals surface area contributed by atoms with Gasteiger partial charge in [-0.05, 0) is 42.8 Å². The fraction of sp³-hybridized carbons (Fsp3) is 0.267. The maximum Gasteiger partial charge on any atom is 0.219 e. The van der Waals surface area contributed by atoms with Gasteiger partial charge in [-0.3, -0.25) is 0 Å². The van der Waals surface area contributed by atoms with Crippen molar-refractivity contribution in [3.63, 3.8) is 0 Å². The summed E-state index contributed by atoms with van der Waals surface area (Å²) in [5.74, 6) is 1.47. The van der Waals surface area contributed by atoms with Gasteiger partial charge >= 0.3 is 0 Å². The lowest BCUT2D eigenvalue weighted by atomic mass is 10.2. The third-order valence-corrected chi connectivity index (χ3v) is 2.71. The number of aryl methyl sites for hydroxylation is 1. The molecule has 0 atom stereocenters. The van der Waals surface area contributed by atoms with Crippen LogP contribution in [0.5, 0.6) is 11.6 Å². The zero-order chi connectivity index (χ0) is 12.8. The van der Waals surface area contributed by atoms with Gasteiger partial charge in [0.15, 0.2) is 0 Å². The van der Waals surface area contributed by atoms with E-state index in [1.165, 1.54) is 5.56 Å². The van der Waals surface area contributed by atoms with Crippen molar-refractivity contribution in [2.24, 2.45) is 0 Å². The quantitative estimate of drug-likeness (QED) is 0.874. The van der Waals surface area contributed by atoms with Crippen molar-refractivity contribution < 1.29 is 4.74 Å². The van der Waals surface area contributed by atoms with Crippen LogP contribution in [0.1, 0.15) is 18.1 Å². The van der Waals surface area contributed by atoms with Crippen LogP contribution in [0, 0.1) is 0 Å². The maximum absolute atomic E-state index is 5.77. The van der Waals surface area contributed by atoms with Gasteiger partial charge in [-0.25, -0.2) is 4.98 Å². The van der Waals surface area contributed by atoms with Gasteiger partial charge in [0.2, 0.25) is 5.88 Å². The minimum absolute atomic E-state index is 0.635. The van der Waals surface area contributed by atoms with E-state index in [9.17, 15) is 0 Å². The highest BCUT2D eigenvalue weighted by Crippen LogP contribution is 2.21. The Hall–Kier alpha value is -1.87. The lowest BCUT2D eigenvalue weighted by molar-refractivity contribution is 0.461. The molecule has 18 heavy (non-hydrogen) atoms. The molecule has 1 heterocycles. The van der Waals surface area contributed by atoms with Crippen LogP contribution < -0.4 is 10.1 Å². The summed E-state index contributed by atoms with van der Waals surface area (Å²) in [6.45, 7) is 2.94. The molecule has 0 fully saturated rings. The van der Waals surface area contributed by atoms with E-state index in [1.807, 2.05) is 37.4 Å². The van der Waals surface area contributed by atoms with E-state index >= 15 is 0 Å². The van der Waals surface area contributed by atoms with E-state index < -0.39 is 0 Å². The molecule has 2 aromatic rings. The van der Waals surface area contributed by atoms with Crippen LogP contribution in [0.3, 0.4) is 0 Å². The van der Waals surface area contributed by atoms with Crippen molar-refractivity contribution in [3.05, 3.63) is 53.7 Å². The first-order valence-corrected chi connectivity index (χ1v) is 6.18. The topological polar surface area (TPSA) is 34.1 Å². The third kappa shape index (κ3) is 3.31. The molecule has 2 rings (SSSR count). The molecular formula is C15H18N2O. The second-order valence-corrected chi connectivity index (χ2v) is 4.14. The Balaban J connectivity index is 2.14. The first-order chi connectivity index (χ1) is 8.81.